The van der Waals surface area contributed by atoms with E-state index in [0.717, 1.165) is 11.3 Å². The van der Waals surface area contributed by atoms with Crippen molar-refractivity contribution in [2.24, 2.45) is 0 Å². The molecule has 2 N–H and O–H groups in total. The zero-order chi connectivity index (χ0) is 12.8. The number of hydrogen-bond acceptors (Lipinski definition) is 2. The molecule has 0 radical (unpaired) electrons. The van der Waals surface area contributed by atoms with Gasteiger partial charge >= 0.3 is 12.0 Å². The Kier molecular flexibility index (Phi) is 4.51. The summed E-state index contributed by atoms with van der Waals surface area (Å²) in [5.74, 6) is -0.927. The Hall–Kier alpha value is -2.04. The van der Waals surface area contributed by atoms with Crippen LogP contribution in [0.2, 0.25) is 0 Å². The second-order valence-electron chi connectivity index (χ2n) is 3.72. The number of aryl methyl sites for hydroxylation is 1. The molecule has 0 aliphatic carbocycles. The van der Waals surface area contributed by atoms with Crippen LogP contribution in [0, 0.1) is 6.92 Å². The van der Waals surface area contributed by atoms with Gasteiger partial charge in [0.05, 0.1) is 6.42 Å². The van der Waals surface area contributed by atoms with E-state index in [4.69, 9.17) is 5.11 Å². The van der Waals surface area contributed by atoms with Crippen molar-refractivity contribution in [2.75, 3.05) is 18.5 Å². The maximum absolute atomic E-state index is 11.7. The predicted molar refractivity (Wildman–Crippen MR) is 65.2 cm³/mol. The van der Waals surface area contributed by atoms with Gasteiger partial charge in [0.2, 0.25) is 0 Å². The molecule has 0 unspecified atom stereocenters. The van der Waals surface area contributed by atoms with E-state index in [0.29, 0.717) is 0 Å². The first-order chi connectivity index (χ1) is 8.02. The number of aliphatic carboxylic acids is 1. The fourth-order valence-corrected chi connectivity index (χ4v) is 1.44. The normalized spacial score (nSPS) is 9.76. The van der Waals surface area contributed by atoms with Crippen LogP contribution in [0.4, 0.5) is 10.5 Å². The Labute approximate surface area is 100 Å². The van der Waals surface area contributed by atoms with Crippen LogP contribution >= 0.6 is 0 Å². The largest absolute Gasteiger partial charge is 0.481 e. The molecule has 0 atom stereocenters. The van der Waals surface area contributed by atoms with Gasteiger partial charge in [-0.2, -0.15) is 0 Å². The Morgan fingerprint density at radius 1 is 1.35 bits per heavy atom. The molecule has 0 bridgehead atoms. The van der Waals surface area contributed by atoms with Crippen molar-refractivity contribution < 1.29 is 14.7 Å². The molecule has 0 fully saturated rings. The molecule has 1 rings (SSSR count). The monoisotopic (exact) mass is 236 g/mol. The molecule has 1 aromatic carbocycles. The zero-order valence-corrected chi connectivity index (χ0v) is 9.93. The van der Waals surface area contributed by atoms with E-state index in [1.54, 1.807) is 7.05 Å². The van der Waals surface area contributed by atoms with Crippen molar-refractivity contribution in [1.29, 1.82) is 0 Å². The van der Waals surface area contributed by atoms with Crippen molar-refractivity contribution in [3.63, 3.8) is 0 Å². The number of para-hydroxylation sites is 1. The minimum Gasteiger partial charge on any atom is -0.481 e. The first kappa shape index (κ1) is 13.0. The van der Waals surface area contributed by atoms with E-state index in [2.05, 4.69) is 5.32 Å². The lowest BCUT2D eigenvalue weighted by Gasteiger charge is -2.19. The van der Waals surface area contributed by atoms with E-state index in [1.165, 1.54) is 4.90 Å². The summed E-state index contributed by atoms with van der Waals surface area (Å²) in [5, 5.41) is 11.0. The van der Waals surface area contributed by atoms with Crippen LogP contribution in [0.3, 0.4) is 0 Å². The molecule has 92 valence electrons. The van der Waals surface area contributed by atoms with Crippen molar-refractivity contribution in [2.45, 2.75) is 13.3 Å². The quantitative estimate of drug-likeness (QED) is 0.834. The van der Waals surface area contributed by atoms with Crippen molar-refractivity contribution >= 4 is 17.7 Å². The molecular weight excluding hydrogens is 220 g/mol. The molecule has 0 aromatic heterocycles. The molecule has 0 aliphatic rings. The van der Waals surface area contributed by atoms with Crippen LogP contribution in [-0.2, 0) is 4.79 Å². The Morgan fingerprint density at radius 3 is 2.59 bits per heavy atom. The molecular formula is C12H16N2O3. The number of carboxylic acid groups (broad SMARTS) is 1. The Balaban J connectivity index is 2.58. The summed E-state index contributed by atoms with van der Waals surface area (Å²) >= 11 is 0. The second-order valence-corrected chi connectivity index (χ2v) is 3.72. The van der Waals surface area contributed by atoms with Crippen LogP contribution in [0.1, 0.15) is 12.0 Å². The predicted octanol–water partition coefficient (Wildman–Crippen LogP) is 1.62. The van der Waals surface area contributed by atoms with Gasteiger partial charge in [-0.25, -0.2) is 4.79 Å². The van der Waals surface area contributed by atoms with E-state index in [1.807, 2.05) is 31.2 Å². The summed E-state index contributed by atoms with van der Waals surface area (Å²) in [7, 11) is 1.65. The summed E-state index contributed by atoms with van der Waals surface area (Å²) in [4.78, 5) is 23.5. The van der Waals surface area contributed by atoms with Gasteiger partial charge in [0.1, 0.15) is 0 Å². The molecule has 0 saturated heterocycles. The first-order valence-electron chi connectivity index (χ1n) is 5.31. The third-order valence-corrected chi connectivity index (χ3v) is 2.40. The molecule has 5 nitrogen and oxygen atoms in total. The molecule has 1 aromatic rings. The van der Waals surface area contributed by atoms with Crippen LogP contribution in [0.25, 0.3) is 0 Å². The van der Waals surface area contributed by atoms with E-state index in [9.17, 15) is 9.59 Å². The number of carbonyl (C=O) groups is 2. The molecule has 0 spiro atoms. The van der Waals surface area contributed by atoms with Crippen LogP contribution in [-0.4, -0.2) is 30.7 Å². The summed E-state index contributed by atoms with van der Waals surface area (Å²) in [6.07, 6.45) is -0.0760. The minimum absolute atomic E-state index is 0.0760. The number of benzene rings is 1. The summed E-state index contributed by atoms with van der Waals surface area (Å²) in [5.41, 5.74) is 1.80. The Morgan fingerprint density at radius 2 is 2.00 bits per heavy atom. The van der Waals surface area contributed by atoms with Gasteiger partial charge in [-0.1, -0.05) is 18.2 Å². The molecule has 5 heteroatoms. The fraction of sp³-hybridized carbons (Fsp3) is 0.333. The third kappa shape index (κ3) is 3.79. The highest BCUT2D eigenvalue weighted by Gasteiger charge is 2.11. The SMILES string of the molecule is Cc1ccccc1N(C)C(=O)NCCC(=O)O. The van der Waals surface area contributed by atoms with Crippen LogP contribution in [0.5, 0.6) is 0 Å². The van der Waals surface area contributed by atoms with Gasteiger partial charge < -0.3 is 10.4 Å². The molecule has 17 heavy (non-hydrogen) atoms. The average Bonchev–Trinajstić information content (AvgIpc) is 2.28. The number of carboxylic acids is 1. The lowest BCUT2D eigenvalue weighted by Crippen LogP contribution is -2.38. The number of amides is 2. The number of anilines is 1. The summed E-state index contributed by atoms with van der Waals surface area (Å²) in [6, 6.07) is 7.20. The number of nitrogens with zero attached hydrogens (tertiary/aromatic N) is 1. The van der Waals surface area contributed by atoms with Crippen LogP contribution in [0.15, 0.2) is 24.3 Å². The van der Waals surface area contributed by atoms with Gasteiger partial charge in [0, 0.05) is 19.3 Å². The second kappa shape index (κ2) is 5.89. The topological polar surface area (TPSA) is 69.6 Å². The highest BCUT2D eigenvalue weighted by atomic mass is 16.4. The number of carbonyl (C=O) groups excluding carboxylic acids is 1. The summed E-state index contributed by atoms with van der Waals surface area (Å²) in [6.45, 7) is 2.04. The smallest absolute Gasteiger partial charge is 0.321 e. The van der Waals surface area contributed by atoms with Crippen molar-refractivity contribution in [3.05, 3.63) is 29.8 Å². The number of urea groups is 1. The summed E-state index contributed by atoms with van der Waals surface area (Å²) < 4.78 is 0. The van der Waals surface area contributed by atoms with Crippen molar-refractivity contribution in [3.8, 4) is 0 Å². The fourth-order valence-electron chi connectivity index (χ4n) is 1.44. The Bertz CT molecular complexity index is 418. The molecule has 0 heterocycles. The van der Waals surface area contributed by atoms with E-state index < -0.39 is 5.97 Å². The lowest BCUT2D eigenvalue weighted by atomic mass is 10.2. The van der Waals surface area contributed by atoms with Gasteiger partial charge in [-0.05, 0) is 18.6 Å². The van der Waals surface area contributed by atoms with E-state index in [-0.39, 0.29) is 19.0 Å². The number of nitrogens with one attached hydrogen (secondary N) is 1. The highest BCUT2D eigenvalue weighted by Crippen LogP contribution is 2.17. The first-order valence-corrected chi connectivity index (χ1v) is 5.31. The van der Waals surface area contributed by atoms with Gasteiger partial charge in [0.15, 0.2) is 0 Å². The number of rotatable bonds is 4. The standard InChI is InChI=1S/C12H16N2O3/c1-9-5-3-4-6-10(9)14(2)12(17)13-8-7-11(15)16/h3-6H,7-8H2,1-2H3,(H,13,17)(H,15,16). The van der Waals surface area contributed by atoms with Gasteiger partial charge in [-0.15, -0.1) is 0 Å². The van der Waals surface area contributed by atoms with Gasteiger partial charge in [0.25, 0.3) is 0 Å². The van der Waals surface area contributed by atoms with Crippen molar-refractivity contribution in [1.82, 2.24) is 5.32 Å². The minimum atomic E-state index is -0.927. The maximum atomic E-state index is 11.7. The molecule has 2 amide bonds. The highest BCUT2D eigenvalue weighted by molar-refractivity contribution is 5.92. The molecule has 0 aliphatic heterocycles. The zero-order valence-electron chi connectivity index (χ0n) is 9.93. The van der Waals surface area contributed by atoms with E-state index >= 15 is 0 Å². The van der Waals surface area contributed by atoms with Crippen LogP contribution < -0.4 is 10.2 Å². The van der Waals surface area contributed by atoms with Gasteiger partial charge in [-0.3, -0.25) is 9.69 Å². The third-order valence-electron chi connectivity index (χ3n) is 2.40. The maximum Gasteiger partial charge on any atom is 0.321 e. The number of hydrogen-bond donors (Lipinski definition) is 2. The lowest BCUT2D eigenvalue weighted by molar-refractivity contribution is -0.136. The average molecular weight is 236 g/mol. The molecule has 0 saturated carbocycles.